The Morgan fingerprint density at radius 2 is 2.06 bits per heavy atom. The molecule has 2 nitrogen and oxygen atoms in total. The van der Waals surface area contributed by atoms with Crippen molar-refractivity contribution < 1.29 is 4.74 Å². The van der Waals surface area contributed by atoms with E-state index in [0.29, 0.717) is 0 Å². The van der Waals surface area contributed by atoms with Crippen LogP contribution in [0.1, 0.15) is 13.8 Å². The van der Waals surface area contributed by atoms with Crippen LogP contribution < -0.4 is 0 Å². The average Bonchev–Trinajstić information content (AvgIpc) is 2.29. The van der Waals surface area contributed by atoms with Gasteiger partial charge in [0.05, 0.1) is 12.2 Å². The fourth-order valence-corrected chi connectivity index (χ4v) is 3.05. The third kappa shape index (κ3) is 4.34. The molecular weight excluding hydrogens is 230 g/mol. The van der Waals surface area contributed by atoms with Crippen LogP contribution in [-0.4, -0.2) is 42.5 Å². The molecule has 1 heterocycles. The van der Waals surface area contributed by atoms with Gasteiger partial charge in [-0.1, -0.05) is 18.2 Å². The molecule has 0 atom stereocenters. The first-order chi connectivity index (χ1) is 8.16. The number of hydrogen-bond donors (Lipinski definition) is 0. The van der Waals surface area contributed by atoms with Gasteiger partial charge in [-0.15, -0.1) is 11.8 Å². The summed E-state index contributed by atoms with van der Waals surface area (Å²) in [6.45, 7) is 8.46. The van der Waals surface area contributed by atoms with Crippen molar-refractivity contribution in [1.29, 1.82) is 0 Å². The van der Waals surface area contributed by atoms with Gasteiger partial charge in [-0.25, -0.2) is 0 Å². The third-order valence-corrected chi connectivity index (χ3v) is 3.92. The van der Waals surface area contributed by atoms with Crippen LogP contribution in [-0.2, 0) is 4.74 Å². The Hall–Kier alpha value is -0.510. The standard InChI is InChI=1S/C14H21NOS/c1-14(2)12-15(8-10-16-14)9-11-17-13-6-4-3-5-7-13/h3-7H,8-12H2,1-2H3. The van der Waals surface area contributed by atoms with E-state index in [-0.39, 0.29) is 5.60 Å². The fraction of sp³-hybridized carbons (Fsp3) is 0.571. The van der Waals surface area contributed by atoms with E-state index in [1.165, 1.54) is 4.90 Å². The largest absolute Gasteiger partial charge is 0.373 e. The van der Waals surface area contributed by atoms with E-state index in [4.69, 9.17) is 4.74 Å². The summed E-state index contributed by atoms with van der Waals surface area (Å²) < 4.78 is 5.71. The van der Waals surface area contributed by atoms with Gasteiger partial charge < -0.3 is 4.74 Å². The molecule has 1 aromatic rings. The number of thioether (sulfide) groups is 1. The molecule has 1 fully saturated rings. The van der Waals surface area contributed by atoms with Crippen LogP contribution in [0.4, 0.5) is 0 Å². The minimum Gasteiger partial charge on any atom is -0.373 e. The Kier molecular flexibility index (Phi) is 4.48. The first-order valence-corrected chi connectivity index (χ1v) is 7.18. The third-order valence-electron chi connectivity index (χ3n) is 2.92. The topological polar surface area (TPSA) is 12.5 Å². The SMILES string of the molecule is CC1(C)CN(CCSc2ccccc2)CCO1. The molecule has 94 valence electrons. The van der Waals surface area contributed by atoms with Crippen molar-refractivity contribution in [3.8, 4) is 0 Å². The summed E-state index contributed by atoms with van der Waals surface area (Å²) >= 11 is 1.93. The molecule has 0 radical (unpaired) electrons. The Bertz CT molecular complexity index is 339. The van der Waals surface area contributed by atoms with E-state index in [9.17, 15) is 0 Å². The van der Waals surface area contributed by atoms with Crippen molar-refractivity contribution in [3.05, 3.63) is 30.3 Å². The number of benzene rings is 1. The monoisotopic (exact) mass is 251 g/mol. The Labute approximate surface area is 108 Å². The number of morpholine rings is 1. The molecule has 0 saturated carbocycles. The normalized spacial score (nSPS) is 20.4. The fourth-order valence-electron chi connectivity index (χ4n) is 2.11. The quantitative estimate of drug-likeness (QED) is 0.764. The van der Waals surface area contributed by atoms with E-state index in [2.05, 4.69) is 49.1 Å². The molecule has 0 unspecified atom stereocenters. The Balaban J connectivity index is 1.72. The van der Waals surface area contributed by atoms with Gasteiger partial charge in [-0.2, -0.15) is 0 Å². The maximum Gasteiger partial charge on any atom is 0.0753 e. The van der Waals surface area contributed by atoms with Crippen LogP contribution in [0.25, 0.3) is 0 Å². The van der Waals surface area contributed by atoms with Gasteiger partial charge in [-0.3, -0.25) is 4.90 Å². The minimum absolute atomic E-state index is 0.0235. The summed E-state index contributed by atoms with van der Waals surface area (Å²) in [7, 11) is 0. The van der Waals surface area contributed by atoms with Crippen LogP contribution in [0.5, 0.6) is 0 Å². The maximum atomic E-state index is 5.71. The van der Waals surface area contributed by atoms with Crippen molar-refractivity contribution in [2.24, 2.45) is 0 Å². The Morgan fingerprint density at radius 1 is 1.29 bits per heavy atom. The molecule has 1 saturated heterocycles. The molecular formula is C14H21NOS. The van der Waals surface area contributed by atoms with Crippen molar-refractivity contribution in [3.63, 3.8) is 0 Å². The Morgan fingerprint density at radius 3 is 2.76 bits per heavy atom. The van der Waals surface area contributed by atoms with Crippen LogP contribution in [0.3, 0.4) is 0 Å². The van der Waals surface area contributed by atoms with Gasteiger partial charge in [0.1, 0.15) is 0 Å². The lowest BCUT2D eigenvalue weighted by atomic mass is 10.1. The molecule has 1 aliphatic rings. The second-order valence-electron chi connectivity index (χ2n) is 5.05. The second kappa shape index (κ2) is 5.89. The van der Waals surface area contributed by atoms with Crippen molar-refractivity contribution in [1.82, 2.24) is 4.90 Å². The molecule has 0 amide bonds. The van der Waals surface area contributed by atoms with E-state index >= 15 is 0 Å². The highest BCUT2D eigenvalue weighted by Gasteiger charge is 2.26. The highest BCUT2D eigenvalue weighted by Crippen LogP contribution is 2.19. The molecule has 1 aromatic carbocycles. The van der Waals surface area contributed by atoms with Crippen molar-refractivity contribution in [2.75, 3.05) is 32.0 Å². The summed E-state index contributed by atoms with van der Waals surface area (Å²) in [6.07, 6.45) is 0. The number of nitrogens with zero attached hydrogens (tertiary/aromatic N) is 1. The predicted molar refractivity (Wildman–Crippen MR) is 73.6 cm³/mol. The molecule has 0 spiro atoms. The predicted octanol–water partition coefficient (Wildman–Crippen LogP) is 2.89. The molecule has 2 rings (SSSR count). The maximum absolute atomic E-state index is 5.71. The van der Waals surface area contributed by atoms with Gasteiger partial charge >= 0.3 is 0 Å². The van der Waals surface area contributed by atoms with Crippen LogP contribution in [0.15, 0.2) is 35.2 Å². The lowest BCUT2D eigenvalue weighted by Crippen LogP contribution is -2.48. The first-order valence-electron chi connectivity index (χ1n) is 6.20. The lowest BCUT2D eigenvalue weighted by Gasteiger charge is -2.38. The molecule has 3 heteroatoms. The summed E-state index contributed by atoms with van der Waals surface area (Å²) in [6, 6.07) is 10.6. The molecule has 0 aliphatic carbocycles. The minimum atomic E-state index is 0.0235. The van der Waals surface area contributed by atoms with Gasteiger partial charge in [0, 0.05) is 30.3 Å². The zero-order chi connectivity index (χ0) is 12.1. The van der Waals surface area contributed by atoms with Gasteiger partial charge in [0.15, 0.2) is 0 Å². The van der Waals surface area contributed by atoms with Gasteiger partial charge in [0.2, 0.25) is 0 Å². The summed E-state index contributed by atoms with van der Waals surface area (Å²) in [4.78, 5) is 3.86. The highest BCUT2D eigenvalue weighted by atomic mass is 32.2. The number of rotatable bonds is 4. The molecule has 0 aromatic heterocycles. The average molecular weight is 251 g/mol. The zero-order valence-electron chi connectivity index (χ0n) is 10.7. The van der Waals surface area contributed by atoms with Crippen molar-refractivity contribution >= 4 is 11.8 Å². The van der Waals surface area contributed by atoms with Crippen LogP contribution in [0, 0.1) is 0 Å². The number of hydrogen-bond acceptors (Lipinski definition) is 3. The van der Waals surface area contributed by atoms with E-state index in [1.54, 1.807) is 0 Å². The lowest BCUT2D eigenvalue weighted by molar-refractivity contribution is -0.0842. The van der Waals surface area contributed by atoms with Crippen LogP contribution in [0.2, 0.25) is 0 Å². The molecule has 1 aliphatic heterocycles. The van der Waals surface area contributed by atoms with E-state index in [0.717, 1.165) is 32.0 Å². The second-order valence-corrected chi connectivity index (χ2v) is 6.21. The molecule has 0 bridgehead atoms. The summed E-state index contributed by atoms with van der Waals surface area (Å²) in [5.74, 6) is 1.15. The summed E-state index contributed by atoms with van der Waals surface area (Å²) in [5.41, 5.74) is 0.0235. The van der Waals surface area contributed by atoms with Crippen molar-refractivity contribution in [2.45, 2.75) is 24.3 Å². The van der Waals surface area contributed by atoms with Crippen LogP contribution >= 0.6 is 11.8 Å². The van der Waals surface area contributed by atoms with Gasteiger partial charge in [0.25, 0.3) is 0 Å². The summed E-state index contributed by atoms with van der Waals surface area (Å²) in [5, 5.41) is 0. The highest BCUT2D eigenvalue weighted by molar-refractivity contribution is 7.99. The smallest absolute Gasteiger partial charge is 0.0753 e. The number of ether oxygens (including phenoxy) is 1. The van der Waals surface area contributed by atoms with E-state index in [1.807, 2.05) is 11.8 Å². The molecule has 17 heavy (non-hydrogen) atoms. The molecule has 0 N–H and O–H groups in total. The van der Waals surface area contributed by atoms with E-state index < -0.39 is 0 Å². The zero-order valence-corrected chi connectivity index (χ0v) is 11.5. The first kappa shape index (κ1) is 12.9. The van der Waals surface area contributed by atoms with Gasteiger partial charge in [-0.05, 0) is 26.0 Å².